The van der Waals surface area contributed by atoms with Gasteiger partial charge < -0.3 is 10.2 Å². The summed E-state index contributed by atoms with van der Waals surface area (Å²) in [5.41, 5.74) is 5.81. The molecule has 2 heterocycles. The van der Waals surface area contributed by atoms with Crippen LogP contribution in [-0.4, -0.2) is 43.5 Å². The number of thiophene rings is 1. The summed E-state index contributed by atoms with van der Waals surface area (Å²) in [4.78, 5) is 18.6. The van der Waals surface area contributed by atoms with Crippen molar-refractivity contribution in [3.63, 3.8) is 0 Å². The Morgan fingerprint density at radius 1 is 1.27 bits per heavy atom. The van der Waals surface area contributed by atoms with Gasteiger partial charge >= 0.3 is 0 Å². The second-order valence-corrected chi connectivity index (χ2v) is 9.80. The number of benzene rings is 1. The van der Waals surface area contributed by atoms with Crippen LogP contribution in [0.2, 0.25) is 0 Å². The minimum absolute atomic E-state index is 0.0154. The zero-order valence-corrected chi connectivity index (χ0v) is 18.9. The van der Waals surface area contributed by atoms with Crippen LogP contribution in [-0.2, 0) is 17.6 Å². The van der Waals surface area contributed by atoms with E-state index < -0.39 is 0 Å². The average Bonchev–Trinajstić information content (AvgIpc) is 3.06. The summed E-state index contributed by atoms with van der Waals surface area (Å²) in [5.74, 6) is 0.637. The molecule has 1 N–H and O–H groups in total. The maximum absolute atomic E-state index is 12.7. The van der Waals surface area contributed by atoms with Crippen molar-refractivity contribution in [3.8, 4) is 6.07 Å². The number of aryl methyl sites for hydroxylation is 1. The predicted molar refractivity (Wildman–Crippen MR) is 123 cm³/mol. The minimum atomic E-state index is -0.0154. The molecule has 1 atom stereocenters. The Morgan fingerprint density at radius 3 is 2.77 bits per heavy atom. The van der Waals surface area contributed by atoms with Gasteiger partial charge in [0.1, 0.15) is 11.1 Å². The Balaban J connectivity index is 1.35. The van der Waals surface area contributed by atoms with Crippen LogP contribution in [0.15, 0.2) is 18.2 Å². The summed E-state index contributed by atoms with van der Waals surface area (Å²) in [6.45, 7) is 10.5. The lowest BCUT2D eigenvalue weighted by atomic mass is 9.89. The third kappa shape index (κ3) is 4.23. The van der Waals surface area contributed by atoms with Gasteiger partial charge in [0.2, 0.25) is 5.91 Å². The molecule has 0 radical (unpaired) electrons. The quantitative estimate of drug-likeness (QED) is 0.805. The second-order valence-electron chi connectivity index (χ2n) is 8.70. The van der Waals surface area contributed by atoms with Crippen LogP contribution in [0.25, 0.3) is 0 Å². The molecule has 1 aliphatic heterocycles. The summed E-state index contributed by atoms with van der Waals surface area (Å²) in [5, 5.41) is 13.4. The molecule has 1 fully saturated rings. The number of anilines is 2. The first kappa shape index (κ1) is 20.9. The number of nitrogens with one attached hydrogen (secondary N) is 1. The lowest BCUT2D eigenvalue weighted by molar-refractivity contribution is -0.117. The third-order valence-corrected chi connectivity index (χ3v) is 7.70. The van der Waals surface area contributed by atoms with E-state index in [9.17, 15) is 10.1 Å². The van der Waals surface area contributed by atoms with Gasteiger partial charge in [0.05, 0.1) is 12.1 Å². The molecule has 1 amide bonds. The number of carbonyl (C=O) groups excluding carboxylic acids is 1. The van der Waals surface area contributed by atoms with Crippen LogP contribution in [0.5, 0.6) is 0 Å². The van der Waals surface area contributed by atoms with Crippen molar-refractivity contribution in [1.82, 2.24) is 4.90 Å². The van der Waals surface area contributed by atoms with Gasteiger partial charge in [-0.1, -0.05) is 19.1 Å². The summed E-state index contributed by atoms with van der Waals surface area (Å²) < 4.78 is 0. The molecule has 6 heteroatoms. The van der Waals surface area contributed by atoms with Crippen LogP contribution in [0.1, 0.15) is 40.5 Å². The third-order valence-electron chi connectivity index (χ3n) is 6.53. The molecule has 30 heavy (non-hydrogen) atoms. The standard InChI is InChI=1S/C24H30N4OS/c1-16-7-8-19-20(14-25)24(30-22(19)13-16)26-23(29)15-27-9-11-28(12-10-27)21-6-4-5-17(2)18(21)3/h4-6,16H,7-13,15H2,1-3H3,(H,26,29)/t16-/m0/s1. The molecule has 0 unspecified atom stereocenters. The Morgan fingerprint density at radius 2 is 2.03 bits per heavy atom. The molecule has 1 saturated heterocycles. The monoisotopic (exact) mass is 422 g/mol. The molecule has 0 spiro atoms. The largest absolute Gasteiger partial charge is 0.369 e. The van der Waals surface area contributed by atoms with Gasteiger partial charge in [-0.25, -0.2) is 0 Å². The number of carbonyl (C=O) groups is 1. The highest BCUT2D eigenvalue weighted by Gasteiger charge is 2.26. The summed E-state index contributed by atoms with van der Waals surface area (Å²) in [6.07, 6.45) is 3.09. The zero-order chi connectivity index (χ0) is 21.3. The van der Waals surface area contributed by atoms with Gasteiger partial charge in [-0.05, 0) is 61.8 Å². The second kappa shape index (κ2) is 8.79. The van der Waals surface area contributed by atoms with E-state index in [4.69, 9.17) is 0 Å². The molecule has 1 aliphatic carbocycles. The SMILES string of the molecule is Cc1cccc(N2CCN(CC(=O)Nc3sc4c(c3C#N)CC[C@H](C)C4)CC2)c1C. The van der Waals surface area contributed by atoms with E-state index in [1.165, 1.54) is 21.7 Å². The minimum Gasteiger partial charge on any atom is -0.369 e. The number of nitrogens with zero attached hydrogens (tertiary/aromatic N) is 3. The van der Waals surface area contributed by atoms with E-state index in [1.807, 2.05) is 0 Å². The first-order chi connectivity index (χ1) is 14.5. The normalized spacial score (nSPS) is 19.3. The van der Waals surface area contributed by atoms with Gasteiger partial charge in [-0.15, -0.1) is 11.3 Å². The highest BCUT2D eigenvalue weighted by molar-refractivity contribution is 7.16. The Bertz CT molecular complexity index is 982. The number of piperazine rings is 1. The summed E-state index contributed by atoms with van der Waals surface area (Å²) >= 11 is 1.60. The maximum atomic E-state index is 12.7. The van der Waals surface area contributed by atoms with Crippen molar-refractivity contribution < 1.29 is 4.79 Å². The van der Waals surface area contributed by atoms with Crippen molar-refractivity contribution in [2.45, 2.75) is 40.0 Å². The first-order valence-corrected chi connectivity index (χ1v) is 11.7. The molecule has 2 aliphatic rings. The Labute approximate surface area is 183 Å². The topological polar surface area (TPSA) is 59.4 Å². The predicted octanol–water partition coefficient (Wildman–Crippen LogP) is 4.12. The number of hydrogen-bond donors (Lipinski definition) is 1. The van der Waals surface area contributed by atoms with E-state index in [1.54, 1.807) is 11.3 Å². The fourth-order valence-corrected chi connectivity index (χ4v) is 5.93. The molecule has 4 rings (SSSR count). The zero-order valence-electron chi connectivity index (χ0n) is 18.1. The smallest absolute Gasteiger partial charge is 0.239 e. The highest BCUT2D eigenvalue weighted by atomic mass is 32.1. The van der Waals surface area contributed by atoms with Gasteiger partial charge in [-0.2, -0.15) is 5.26 Å². The molecule has 158 valence electrons. The molecule has 0 saturated carbocycles. The number of fused-ring (bicyclic) bond motifs is 1. The van der Waals surface area contributed by atoms with E-state index in [0.717, 1.165) is 56.0 Å². The van der Waals surface area contributed by atoms with Crippen LogP contribution < -0.4 is 10.2 Å². The number of hydrogen-bond acceptors (Lipinski definition) is 5. The number of amides is 1. The molecule has 0 bridgehead atoms. The van der Waals surface area contributed by atoms with E-state index >= 15 is 0 Å². The van der Waals surface area contributed by atoms with Crippen LogP contribution >= 0.6 is 11.3 Å². The van der Waals surface area contributed by atoms with Crippen molar-refractivity contribution in [2.24, 2.45) is 5.92 Å². The fourth-order valence-electron chi connectivity index (χ4n) is 4.55. The summed E-state index contributed by atoms with van der Waals surface area (Å²) in [7, 11) is 0. The Hall–Kier alpha value is -2.36. The first-order valence-electron chi connectivity index (χ1n) is 10.8. The van der Waals surface area contributed by atoms with Crippen molar-refractivity contribution in [3.05, 3.63) is 45.3 Å². The van der Waals surface area contributed by atoms with Crippen molar-refractivity contribution in [1.29, 1.82) is 5.26 Å². The van der Waals surface area contributed by atoms with E-state index in [-0.39, 0.29) is 5.91 Å². The van der Waals surface area contributed by atoms with Crippen molar-refractivity contribution >= 4 is 27.9 Å². The van der Waals surface area contributed by atoms with E-state index in [2.05, 4.69) is 60.2 Å². The van der Waals surface area contributed by atoms with Gasteiger partial charge in [0, 0.05) is 36.7 Å². The number of rotatable bonds is 4. The van der Waals surface area contributed by atoms with Crippen LogP contribution in [0, 0.1) is 31.1 Å². The molecule has 2 aromatic rings. The van der Waals surface area contributed by atoms with Gasteiger partial charge in [0.25, 0.3) is 0 Å². The molecule has 1 aromatic heterocycles. The van der Waals surface area contributed by atoms with E-state index in [0.29, 0.717) is 18.0 Å². The average molecular weight is 423 g/mol. The molecular formula is C24H30N4OS. The van der Waals surface area contributed by atoms with Crippen LogP contribution in [0.3, 0.4) is 0 Å². The highest BCUT2D eigenvalue weighted by Crippen LogP contribution is 2.39. The number of nitriles is 1. The molecule has 5 nitrogen and oxygen atoms in total. The molecular weight excluding hydrogens is 392 g/mol. The van der Waals surface area contributed by atoms with Crippen LogP contribution in [0.4, 0.5) is 10.7 Å². The Kier molecular flexibility index (Phi) is 6.12. The van der Waals surface area contributed by atoms with Gasteiger partial charge in [0.15, 0.2) is 0 Å². The summed E-state index contributed by atoms with van der Waals surface area (Å²) in [6, 6.07) is 8.79. The lowest BCUT2D eigenvalue weighted by Gasteiger charge is -2.36. The fraction of sp³-hybridized carbons (Fsp3) is 0.500. The van der Waals surface area contributed by atoms with Crippen molar-refractivity contribution in [2.75, 3.05) is 42.9 Å². The molecule has 1 aromatic carbocycles. The maximum Gasteiger partial charge on any atom is 0.239 e. The van der Waals surface area contributed by atoms with Gasteiger partial charge in [-0.3, -0.25) is 9.69 Å². The lowest BCUT2D eigenvalue weighted by Crippen LogP contribution is -2.48.